The zero-order chi connectivity index (χ0) is 16.1. The molecule has 0 bridgehead atoms. The number of carbonyl (C=O) groups is 2. The largest absolute Gasteiger partial charge is 0.497 e. The Kier molecular flexibility index (Phi) is 4.73. The molecule has 0 aliphatic carbocycles. The first-order valence-electron chi connectivity index (χ1n) is 6.41. The lowest BCUT2D eigenvalue weighted by atomic mass is 10.1. The lowest BCUT2D eigenvalue weighted by Gasteiger charge is -2.15. The summed E-state index contributed by atoms with van der Waals surface area (Å²) in [6.45, 7) is 0. The Bertz CT molecular complexity index is 688. The van der Waals surface area contributed by atoms with Gasteiger partial charge in [-0.15, -0.1) is 0 Å². The fourth-order valence-corrected chi connectivity index (χ4v) is 1.88. The van der Waals surface area contributed by atoms with E-state index in [-0.39, 0.29) is 11.3 Å². The molecule has 0 saturated carbocycles. The molecule has 0 fully saturated rings. The number of nitrogens with two attached hydrogens (primary N) is 1. The molecule has 0 radical (unpaired) electrons. The van der Waals surface area contributed by atoms with E-state index in [4.69, 9.17) is 15.2 Å². The molecule has 22 heavy (non-hydrogen) atoms. The van der Waals surface area contributed by atoms with Crippen molar-refractivity contribution in [2.45, 2.75) is 6.10 Å². The van der Waals surface area contributed by atoms with Crippen LogP contribution in [0.2, 0.25) is 0 Å². The van der Waals surface area contributed by atoms with Gasteiger partial charge in [-0.3, -0.25) is 4.79 Å². The number of ether oxygens (including phenoxy) is 2. The first-order valence-corrected chi connectivity index (χ1v) is 6.41. The molecule has 2 aromatic rings. The van der Waals surface area contributed by atoms with Crippen LogP contribution >= 0.6 is 0 Å². The van der Waals surface area contributed by atoms with E-state index in [0.717, 1.165) is 6.07 Å². The Labute approximate surface area is 126 Å². The molecule has 0 saturated heterocycles. The minimum atomic E-state index is -1.28. The van der Waals surface area contributed by atoms with Crippen LogP contribution in [0.3, 0.4) is 0 Å². The van der Waals surface area contributed by atoms with E-state index in [9.17, 15) is 14.0 Å². The fourth-order valence-electron chi connectivity index (χ4n) is 1.88. The summed E-state index contributed by atoms with van der Waals surface area (Å²) in [7, 11) is 1.38. The van der Waals surface area contributed by atoms with Crippen LogP contribution in [0.1, 0.15) is 22.0 Å². The first kappa shape index (κ1) is 15.5. The van der Waals surface area contributed by atoms with E-state index in [1.165, 1.54) is 19.2 Å². The Morgan fingerprint density at radius 2 is 1.82 bits per heavy atom. The van der Waals surface area contributed by atoms with E-state index in [0.29, 0.717) is 5.56 Å². The van der Waals surface area contributed by atoms with Gasteiger partial charge in [0.05, 0.1) is 12.7 Å². The standard InChI is InChI=1S/C16H14FNO4/c1-21-11-7-8-12(13(17)9-11)16(20)22-14(15(18)19)10-5-3-2-4-6-10/h2-9,14H,1H3,(H2,18,19)/t14-/m1/s1. The molecular weight excluding hydrogens is 289 g/mol. The molecule has 5 nitrogen and oxygen atoms in total. The van der Waals surface area contributed by atoms with Gasteiger partial charge in [-0.2, -0.15) is 0 Å². The molecule has 114 valence electrons. The number of amides is 1. The van der Waals surface area contributed by atoms with Crippen LogP contribution in [0, 0.1) is 5.82 Å². The number of hydrogen-bond acceptors (Lipinski definition) is 4. The van der Waals surface area contributed by atoms with Crippen LogP contribution < -0.4 is 10.5 Å². The average Bonchev–Trinajstić information content (AvgIpc) is 2.52. The van der Waals surface area contributed by atoms with Crippen molar-refractivity contribution in [3.8, 4) is 5.75 Å². The van der Waals surface area contributed by atoms with E-state index in [2.05, 4.69) is 0 Å². The van der Waals surface area contributed by atoms with Gasteiger partial charge in [0.2, 0.25) is 6.10 Å². The van der Waals surface area contributed by atoms with Crippen LogP contribution in [0.4, 0.5) is 4.39 Å². The third kappa shape index (κ3) is 3.41. The van der Waals surface area contributed by atoms with Crippen molar-refractivity contribution >= 4 is 11.9 Å². The van der Waals surface area contributed by atoms with Crippen LogP contribution in [-0.2, 0) is 9.53 Å². The van der Waals surface area contributed by atoms with Crippen LogP contribution in [0.5, 0.6) is 5.75 Å². The summed E-state index contributed by atoms with van der Waals surface area (Å²) < 4.78 is 23.7. The molecule has 1 atom stereocenters. The molecule has 0 aliphatic rings. The van der Waals surface area contributed by atoms with Gasteiger partial charge in [-0.1, -0.05) is 30.3 Å². The van der Waals surface area contributed by atoms with Gasteiger partial charge >= 0.3 is 5.97 Å². The number of methoxy groups -OCH3 is 1. The second kappa shape index (κ2) is 6.71. The smallest absolute Gasteiger partial charge is 0.342 e. The van der Waals surface area contributed by atoms with Crippen LogP contribution in [-0.4, -0.2) is 19.0 Å². The Balaban J connectivity index is 2.24. The molecule has 2 N–H and O–H groups in total. The molecule has 0 unspecified atom stereocenters. The van der Waals surface area contributed by atoms with Crippen molar-refractivity contribution in [1.29, 1.82) is 0 Å². The number of rotatable bonds is 5. The van der Waals surface area contributed by atoms with Crippen molar-refractivity contribution < 1.29 is 23.5 Å². The summed E-state index contributed by atoms with van der Waals surface area (Å²) in [6.07, 6.45) is -1.28. The number of carbonyl (C=O) groups excluding carboxylic acids is 2. The van der Waals surface area contributed by atoms with Gasteiger partial charge < -0.3 is 15.2 Å². The maximum atomic E-state index is 13.8. The fraction of sp³-hybridized carbons (Fsp3) is 0.125. The minimum Gasteiger partial charge on any atom is -0.497 e. The summed E-state index contributed by atoms with van der Waals surface area (Å²) >= 11 is 0. The van der Waals surface area contributed by atoms with Crippen molar-refractivity contribution in [1.82, 2.24) is 0 Å². The van der Waals surface area contributed by atoms with Gasteiger partial charge in [-0.05, 0) is 12.1 Å². The monoisotopic (exact) mass is 303 g/mol. The third-order valence-corrected chi connectivity index (χ3v) is 2.98. The molecule has 6 heteroatoms. The molecule has 0 spiro atoms. The quantitative estimate of drug-likeness (QED) is 0.859. The van der Waals surface area contributed by atoms with Gasteiger partial charge in [-0.25, -0.2) is 9.18 Å². The zero-order valence-electron chi connectivity index (χ0n) is 11.8. The van der Waals surface area contributed by atoms with Crippen molar-refractivity contribution in [3.63, 3.8) is 0 Å². The molecule has 0 aromatic heterocycles. The third-order valence-electron chi connectivity index (χ3n) is 2.98. The number of benzene rings is 2. The minimum absolute atomic E-state index is 0.267. The topological polar surface area (TPSA) is 78.6 Å². The number of hydrogen-bond donors (Lipinski definition) is 1. The second-order valence-electron chi connectivity index (χ2n) is 4.44. The van der Waals surface area contributed by atoms with Gasteiger partial charge in [0.15, 0.2) is 0 Å². The number of esters is 1. The van der Waals surface area contributed by atoms with E-state index < -0.39 is 23.8 Å². The first-order chi connectivity index (χ1) is 10.5. The molecule has 0 aliphatic heterocycles. The van der Waals surface area contributed by atoms with Gasteiger partial charge in [0, 0.05) is 11.6 Å². The lowest BCUT2D eigenvalue weighted by Crippen LogP contribution is -2.26. The van der Waals surface area contributed by atoms with Gasteiger partial charge in [0.1, 0.15) is 11.6 Å². The van der Waals surface area contributed by atoms with Crippen LogP contribution in [0.15, 0.2) is 48.5 Å². The SMILES string of the molecule is COc1ccc(C(=O)O[C@@H](C(N)=O)c2ccccc2)c(F)c1. The lowest BCUT2D eigenvalue weighted by molar-refractivity contribution is -0.127. The van der Waals surface area contributed by atoms with Crippen molar-refractivity contribution in [2.24, 2.45) is 5.73 Å². The van der Waals surface area contributed by atoms with Crippen molar-refractivity contribution in [3.05, 3.63) is 65.5 Å². The summed E-state index contributed by atoms with van der Waals surface area (Å²) in [5, 5.41) is 0. The Morgan fingerprint density at radius 1 is 1.14 bits per heavy atom. The van der Waals surface area contributed by atoms with E-state index >= 15 is 0 Å². The molecule has 1 amide bonds. The molecule has 2 aromatic carbocycles. The summed E-state index contributed by atoms with van der Waals surface area (Å²) in [5.41, 5.74) is 5.36. The maximum Gasteiger partial charge on any atom is 0.342 e. The summed E-state index contributed by atoms with van der Waals surface area (Å²) in [6, 6.07) is 12.0. The normalized spacial score (nSPS) is 11.5. The average molecular weight is 303 g/mol. The van der Waals surface area contributed by atoms with E-state index in [1.54, 1.807) is 30.3 Å². The molecule has 0 heterocycles. The molecular formula is C16H14FNO4. The number of halogens is 1. The van der Waals surface area contributed by atoms with Gasteiger partial charge in [0.25, 0.3) is 5.91 Å². The predicted molar refractivity (Wildman–Crippen MR) is 76.7 cm³/mol. The summed E-state index contributed by atoms with van der Waals surface area (Å²) in [5.74, 6) is -2.36. The van der Waals surface area contributed by atoms with Crippen LogP contribution in [0.25, 0.3) is 0 Å². The number of primary amides is 1. The predicted octanol–water partition coefficient (Wildman–Crippen LogP) is 2.22. The van der Waals surface area contributed by atoms with E-state index in [1.807, 2.05) is 0 Å². The Morgan fingerprint density at radius 3 is 2.36 bits per heavy atom. The zero-order valence-corrected chi connectivity index (χ0v) is 11.8. The highest BCUT2D eigenvalue weighted by Gasteiger charge is 2.24. The second-order valence-corrected chi connectivity index (χ2v) is 4.44. The highest BCUT2D eigenvalue weighted by atomic mass is 19.1. The Hall–Kier alpha value is -2.89. The summed E-state index contributed by atoms with van der Waals surface area (Å²) in [4.78, 5) is 23.5. The maximum absolute atomic E-state index is 13.8. The highest BCUT2D eigenvalue weighted by molar-refractivity contribution is 5.92. The highest BCUT2D eigenvalue weighted by Crippen LogP contribution is 2.22. The van der Waals surface area contributed by atoms with Crippen molar-refractivity contribution in [2.75, 3.05) is 7.11 Å². The molecule has 2 rings (SSSR count).